The molecule has 3 heterocycles. The van der Waals surface area contributed by atoms with Gasteiger partial charge in [-0.05, 0) is 35.7 Å². The first-order chi connectivity index (χ1) is 10.7. The number of pyridine rings is 3. The molecular formula is C19H19IN3+. The Labute approximate surface area is 153 Å². The summed E-state index contributed by atoms with van der Waals surface area (Å²) in [5.74, 6) is 0. The normalized spacial score (nSPS) is 10.5. The summed E-state index contributed by atoms with van der Waals surface area (Å²) in [5, 5.41) is 0. The topological polar surface area (TPSA) is 30.9 Å². The predicted molar refractivity (Wildman–Crippen MR) is 87.5 cm³/mol. The van der Waals surface area contributed by atoms with Gasteiger partial charge in [0.15, 0.2) is 12.4 Å². The number of aromatic amines is 1. The summed E-state index contributed by atoms with van der Waals surface area (Å²) in [6.45, 7) is 2.10. The highest BCUT2D eigenvalue weighted by Gasteiger charge is 2.16. The van der Waals surface area contributed by atoms with Crippen LogP contribution in [0.25, 0.3) is 23.5 Å². The van der Waals surface area contributed by atoms with Crippen molar-refractivity contribution in [2.75, 3.05) is 0 Å². The summed E-state index contributed by atoms with van der Waals surface area (Å²) >= 11 is 0. The molecule has 0 amide bonds. The number of halogens is 1. The van der Waals surface area contributed by atoms with Gasteiger partial charge in [0.2, 0.25) is 0 Å². The van der Waals surface area contributed by atoms with Gasteiger partial charge in [0.05, 0.1) is 0 Å². The Morgan fingerprint density at radius 2 is 1.74 bits per heavy atom. The second-order valence-corrected chi connectivity index (χ2v) is 5.35. The van der Waals surface area contributed by atoms with Crippen LogP contribution >= 0.6 is 0 Å². The maximum absolute atomic E-state index is 4.03. The summed E-state index contributed by atoms with van der Waals surface area (Å²) < 4.78 is 2.12. The van der Waals surface area contributed by atoms with Crippen LogP contribution < -0.4 is 33.5 Å². The number of aryl methyl sites for hydroxylation is 2. The SMILES string of the molecule is Cc1cc[nH+]c(-c2cc(/C=C/c3ccncc3)cc[n+]2C)c1.[I-]. The molecule has 0 aliphatic rings. The fourth-order valence-electron chi connectivity index (χ4n) is 2.35. The van der Waals surface area contributed by atoms with Gasteiger partial charge < -0.3 is 24.0 Å². The lowest BCUT2D eigenvalue weighted by atomic mass is 10.1. The lowest BCUT2D eigenvalue weighted by Crippen LogP contribution is -3.00. The average molecular weight is 416 g/mol. The van der Waals surface area contributed by atoms with Crippen LogP contribution in [0.5, 0.6) is 0 Å². The first-order valence-electron chi connectivity index (χ1n) is 7.29. The lowest BCUT2D eigenvalue weighted by Gasteiger charge is -1.99. The Morgan fingerprint density at radius 1 is 1.00 bits per heavy atom. The van der Waals surface area contributed by atoms with Gasteiger partial charge in [0.1, 0.15) is 7.05 Å². The fraction of sp³-hybridized carbons (Fsp3) is 0.105. The highest BCUT2D eigenvalue weighted by Crippen LogP contribution is 2.14. The molecule has 3 aromatic rings. The van der Waals surface area contributed by atoms with Crippen LogP contribution in [0.2, 0.25) is 0 Å². The van der Waals surface area contributed by atoms with E-state index in [1.54, 1.807) is 12.4 Å². The molecule has 3 rings (SSSR count). The van der Waals surface area contributed by atoms with Gasteiger partial charge in [-0.1, -0.05) is 12.2 Å². The van der Waals surface area contributed by atoms with E-state index in [0.29, 0.717) is 0 Å². The van der Waals surface area contributed by atoms with Gasteiger partial charge in [-0.3, -0.25) is 4.98 Å². The molecule has 0 bridgehead atoms. The number of hydrogen-bond acceptors (Lipinski definition) is 1. The molecule has 0 unspecified atom stereocenters. The Bertz CT molecular complexity index is 814. The minimum absolute atomic E-state index is 0. The smallest absolute Gasteiger partial charge is 0.277 e. The number of hydrogen-bond donors (Lipinski definition) is 0. The van der Waals surface area contributed by atoms with E-state index in [4.69, 9.17) is 0 Å². The molecule has 0 fully saturated rings. The third-order valence-electron chi connectivity index (χ3n) is 3.58. The summed E-state index contributed by atoms with van der Waals surface area (Å²) in [6, 6.07) is 12.5. The Balaban J connectivity index is 0.00000192. The summed E-state index contributed by atoms with van der Waals surface area (Å²) in [7, 11) is 2.06. The number of H-pyrrole nitrogens is 1. The summed E-state index contributed by atoms with van der Waals surface area (Å²) in [6.07, 6.45) is 11.9. The zero-order valence-corrected chi connectivity index (χ0v) is 15.4. The van der Waals surface area contributed by atoms with Crippen molar-refractivity contribution < 1.29 is 33.5 Å². The van der Waals surface area contributed by atoms with Gasteiger partial charge in [-0.2, -0.15) is 4.57 Å². The Morgan fingerprint density at radius 3 is 2.48 bits per heavy atom. The number of nitrogens with zero attached hydrogens (tertiary/aromatic N) is 2. The molecule has 3 aromatic heterocycles. The maximum Gasteiger partial charge on any atom is 0.277 e. The van der Waals surface area contributed by atoms with Crippen LogP contribution in [0.1, 0.15) is 16.7 Å². The third-order valence-corrected chi connectivity index (χ3v) is 3.58. The molecule has 0 saturated heterocycles. The van der Waals surface area contributed by atoms with Crippen molar-refractivity contribution >= 4 is 12.2 Å². The van der Waals surface area contributed by atoms with Crippen molar-refractivity contribution in [1.29, 1.82) is 0 Å². The molecular weight excluding hydrogens is 397 g/mol. The van der Waals surface area contributed by atoms with E-state index in [1.807, 2.05) is 18.3 Å². The zero-order chi connectivity index (χ0) is 15.4. The fourth-order valence-corrected chi connectivity index (χ4v) is 2.35. The summed E-state index contributed by atoms with van der Waals surface area (Å²) in [4.78, 5) is 7.35. The summed E-state index contributed by atoms with van der Waals surface area (Å²) in [5.41, 5.74) is 5.82. The minimum Gasteiger partial charge on any atom is -1.00 e. The number of nitrogens with one attached hydrogen (secondary N) is 1. The van der Waals surface area contributed by atoms with E-state index in [9.17, 15) is 0 Å². The van der Waals surface area contributed by atoms with Crippen molar-refractivity contribution in [3.63, 3.8) is 0 Å². The van der Waals surface area contributed by atoms with E-state index < -0.39 is 0 Å². The first-order valence-corrected chi connectivity index (χ1v) is 7.29. The first kappa shape index (κ1) is 17.3. The van der Waals surface area contributed by atoms with E-state index in [0.717, 1.165) is 17.0 Å². The molecule has 4 heteroatoms. The second kappa shape index (κ2) is 7.97. The van der Waals surface area contributed by atoms with Gasteiger partial charge >= 0.3 is 0 Å². The highest BCUT2D eigenvalue weighted by molar-refractivity contribution is 5.70. The third kappa shape index (κ3) is 4.45. The zero-order valence-electron chi connectivity index (χ0n) is 13.2. The van der Waals surface area contributed by atoms with Crippen molar-refractivity contribution in [1.82, 2.24) is 4.98 Å². The minimum atomic E-state index is 0. The second-order valence-electron chi connectivity index (χ2n) is 5.35. The molecule has 1 N–H and O–H groups in total. The molecule has 0 atom stereocenters. The highest BCUT2D eigenvalue weighted by atomic mass is 127. The van der Waals surface area contributed by atoms with Crippen molar-refractivity contribution in [2.45, 2.75) is 6.92 Å². The molecule has 0 spiro atoms. The van der Waals surface area contributed by atoms with Crippen molar-refractivity contribution in [3.8, 4) is 11.4 Å². The maximum atomic E-state index is 4.03. The van der Waals surface area contributed by atoms with E-state index in [2.05, 4.69) is 71.1 Å². The van der Waals surface area contributed by atoms with Crippen LogP contribution in [0, 0.1) is 6.92 Å². The Kier molecular flexibility index (Phi) is 5.98. The predicted octanol–water partition coefficient (Wildman–Crippen LogP) is -0.130. The van der Waals surface area contributed by atoms with Gasteiger partial charge in [-0.15, -0.1) is 0 Å². The van der Waals surface area contributed by atoms with Crippen LogP contribution in [-0.4, -0.2) is 4.98 Å². The standard InChI is InChI=1S/C19H18N3.HI/c1-15-5-11-21-18(13-15)19-14-17(8-12-22(19)2)4-3-16-6-9-20-10-7-16;/h3-14H,1-2H3;1H/q+1;/b4-3+;. The molecule has 116 valence electrons. The molecule has 0 saturated carbocycles. The van der Waals surface area contributed by atoms with Gasteiger partial charge in [0.25, 0.3) is 11.4 Å². The molecule has 0 aromatic carbocycles. The van der Waals surface area contributed by atoms with Crippen molar-refractivity contribution in [3.05, 3.63) is 77.9 Å². The molecule has 0 aliphatic heterocycles. The van der Waals surface area contributed by atoms with Crippen LogP contribution in [0.4, 0.5) is 0 Å². The quantitative estimate of drug-likeness (QED) is 0.433. The molecule has 3 nitrogen and oxygen atoms in total. The largest absolute Gasteiger partial charge is 1.00 e. The number of rotatable bonds is 3. The molecule has 0 aliphatic carbocycles. The van der Waals surface area contributed by atoms with E-state index in [1.165, 1.54) is 11.1 Å². The van der Waals surface area contributed by atoms with Gasteiger partial charge in [-0.25, -0.2) is 4.98 Å². The van der Waals surface area contributed by atoms with Crippen LogP contribution in [-0.2, 0) is 7.05 Å². The molecule has 0 radical (unpaired) electrons. The van der Waals surface area contributed by atoms with Gasteiger partial charge in [0, 0.05) is 36.7 Å². The van der Waals surface area contributed by atoms with E-state index >= 15 is 0 Å². The van der Waals surface area contributed by atoms with E-state index in [-0.39, 0.29) is 24.0 Å². The Hall–Kier alpha value is -2.08. The van der Waals surface area contributed by atoms with Crippen molar-refractivity contribution in [2.24, 2.45) is 7.05 Å². The van der Waals surface area contributed by atoms with Crippen LogP contribution in [0.15, 0.2) is 61.2 Å². The monoisotopic (exact) mass is 416 g/mol. The average Bonchev–Trinajstić information content (AvgIpc) is 2.55. The number of aromatic nitrogens is 3. The van der Waals surface area contributed by atoms with Crippen LogP contribution in [0.3, 0.4) is 0 Å². The molecule has 23 heavy (non-hydrogen) atoms. The lowest BCUT2D eigenvalue weighted by molar-refractivity contribution is -0.663.